The molecular formula is C24H25NO6. The molecule has 0 amide bonds. The van der Waals surface area contributed by atoms with Crippen LogP contribution in [-0.4, -0.2) is 37.3 Å². The van der Waals surface area contributed by atoms with E-state index in [2.05, 4.69) is 4.99 Å². The number of carbonyl (C=O) groups is 2. The van der Waals surface area contributed by atoms with Crippen LogP contribution in [-0.2, 0) is 19.1 Å². The van der Waals surface area contributed by atoms with Crippen LogP contribution in [0.4, 0.5) is 0 Å². The number of aliphatic imine (C=N–C) groups is 1. The van der Waals surface area contributed by atoms with Crippen LogP contribution in [0.1, 0.15) is 44.6 Å². The number of Topliss-reactive ketones (excluding diaryl/α,β-unsaturated/α-hetero) is 1. The molecular weight excluding hydrogens is 398 g/mol. The quantitative estimate of drug-likeness (QED) is 0.521. The van der Waals surface area contributed by atoms with Gasteiger partial charge in [-0.05, 0) is 38.8 Å². The number of allylic oxidation sites excluding steroid dienone is 2. The Bertz CT molecular complexity index is 1140. The molecule has 2 aromatic rings. The Labute approximate surface area is 179 Å². The number of ether oxygens (including phenoxy) is 2. The van der Waals surface area contributed by atoms with E-state index in [-0.39, 0.29) is 30.0 Å². The smallest absolute Gasteiger partial charge is 0.315 e. The van der Waals surface area contributed by atoms with E-state index in [4.69, 9.17) is 13.9 Å². The summed E-state index contributed by atoms with van der Waals surface area (Å²) in [6.07, 6.45) is 3.09. The minimum atomic E-state index is -0.869. The maximum absolute atomic E-state index is 13.4. The number of esters is 1. The van der Waals surface area contributed by atoms with Gasteiger partial charge in [-0.1, -0.05) is 12.1 Å². The lowest BCUT2D eigenvalue weighted by Gasteiger charge is -2.33. The second-order valence-corrected chi connectivity index (χ2v) is 7.73. The predicted molar refractivity (Wildman–Crippen MR) is 115 cm³/mol. The minimum Gasteiger partial charge on any atom is -0.464 e. The molecule has 0 bridgehead atoms. The highest BCUT2D eigenvalue weighted by Crippen LogP contribution is 2.43. The van der Waals surface area contributed by atoms with E-state index in [0.29, 0.717) is 53.8 Å². The lowest BCUT2D eigenvalue weighted by molar-refractivity contribution is -0.148. The van der Waals surface area contributed by atoms with Crippen molar-refractivity contribution in [1.29, 1.82) is 0 Å². The zero-order chi connectivity index (χ0) is 22.0. The van der Waals surface area contributed by atoms with Crippen LogP contribution in [0.25, 0.3) is 11.0 Å². The molecule has 0 saturated carbocycles. The SMILES string of the molecule is CCOCCOC(=O)C1C(C)=NC2=C(C(=O)CCC2)[C@H]1c1coc2ccccc2c1=O. The average Bonchev–Trinajstić information content (AvgIpc) is 2.76. The number of para-hydroxylation sites is 1. The van der Waals surface area contributed by atoms with E-state index in [0.717, 1.165) is 0 Å². The van der Waals surface area contributed by atoms with Crippen LogP contribution in [0.5, 0.6) is 0 Å². The third-order valence-electron chi connectivity index (χ3n) is 5.81. The molecule has 2 aliphatic rings. The molecule has 0 radical (unpaired) electrons. The number of hydrogen-bond donors (Lipinski definition) is 0. The lowest BCUT2D eigenvalue weighted by atomic mass is 9.72. The molecule has 1 aliphatic carbocycles. The highest BCUT2D eigenvalue weighted by atomic mass is 16.6. The van der Waals surface area contributed by atoms with E-state index < -0.39 is 17.8 Å². The average molecular weight is 423 g/mol. The lowest BCUT2D eigenvalue weighted by Crippen LogP contribution is -2.39. The standard InChI is InChI=1S/C24H25NO6/c1-3-29-11-12-30-24(28)20-14(2)25-17-8-6-9-18(26)22(17)21(20)16-13-31-19-10-5-4-7-15(19)23(16)27/h4-5,7,10,13,20-21H,3,6,8-9,11-12H2,1-2H3/t20?,21-/m0/s1. The van der Waals surface area contributed by atoms with Crippen molar-refractivity contribution in [1.82, 2.24) is 0 Å². The Kier molecular flexibility index (Phi) is 6.13. The number of fused-ring (bicyclic) bond motifs is 1. The first kappa shape index (κ1) is 21.2. The van der Waals surface area contributed by atoms with Crippen molar-refractivity contribution in [3.05, 3.63) is 57.6 Å². The predicted octanol–water partition coefficient (Wildman–Crippen LogP) is 3.55. The van der Waals surface area contributed by atoms with Crippen molar-refractivity contribution < 1.29 is 23.5 Å². The second kappa shape index (κ2) is 8.98. The molecule has 1 aromatic heterocycles. The molecule has 0 fully saturated rings. The third kappa shape index (κ3) is 3.97. The molecule has 162 valence electrons. The first-order valence-corrected chi connectivity index (χ1v) is 10.6. The zero-order valence-electron chi connectivity index (χ0n) is 17.7. The van der Waals surface area contributed by atoms with Gasteiger partial charge in [0.25, 0.3) is 0 Å². The monoisotopic (exact) mass is 423 g/mol. The molecule has 0 saturated heterocycles. The molecule has 2 heterocycles. The van der Waals surface area contributed by atoms with Crippen LogP contribution in [0.2, 0.25) is 0 Å². The zero-order valence-corrected chi connectivity index (χ0v) is 17.7. The normalized spacial score (nSPS) is 21.1. The van der Waals surface area contributed by atoms with Crippen molar-refractivity contribution in [2.24, 2.45) is 10.9 Å². The van der Waals surface area contributed by atoms with Crippen LogP contribution >= 0.6 is 0 Å². The Morgan fingerprint density at radius 3 is 2.81 bits per heavy atom. The van der Waals surface area contributed by atoms with Crippen molar-refractivity contribution in [2.75, 3.05) is 19.8 Å². The summed E-state index contributed by atoms with van der Waals surface area (Å²) in [5.41, 5.74) is 2.11. The maximum Gasteiger partial charge on any atom is 0.315 e. The Balaban J connectivity index is 1.81. The van der Waals surface area contributed by atoms with Gasteiger partial charge in [-0.15, -0.1) is 0 Å². The van der Waals surface area contributed by atoms with Gasteiger partial charge in [-0.25, -0.2) is 0 Å². The highest BCUT2D eigenvalue weighted by molar-refractivity contribution is 6.08. The fraction of sp³-hybridized carbons (Fsp3) is 0.417. The molecule has 7 heteroatoms. The van der Waals surface area contributed by atoms with Gasteiger partial charge in [0.1, 0.15) is 18.1 Å². The third-order valence-corrected chi connectivity index (χ3v) is 5.81. The summed E-state index contributed by atoms with van der Waals surface area (Å²) in [5.74, 6) is -2.25. The van der Waals surface area contributed by atoms with Gasteiger partial charge < -0.3 is 13.9 Å². The maximum atomic E-state index is 13.4. The van der Waals surface area contributed by atoms with E-state index in [9.17, 15) is 14.4 Å². The van der Waals surface area contributed by atoms with E-state index in [1.54, 1.807) is 31.2 Å². The molecule has 0 spiro atoms. The summed E-state index contributed by atoms with van der Waals surface area (Å²) in [5, 5.41) is 0.411. The fourth-order valence-corrected chi connectivity index (χ4v) is 4.39. The van der Waals surface area contributed by atoms with Gasteiger partial charge in [-0.2, -0.15) is 0 Å². The van der Waals surface area contributed by atoms with Gasteiger partial charge in [-0.3, -0.25) is 19.4 Å². The fourth-order valence-electron chi connectivity index (χ4n) is 4.39. The Morgan fingerprint density at radius 1 is 1.19 bits per heavy atom. The van der Waals surface area contributed by atoms with Crippen LogP contribution in [0.3, 0.4) is 0 Å². The minimum absolute atomic E-state index is 0.0813. The Hall–Kier alpha value is -3.06. The number of benzene rings is 1. The molecule has 2 atom stereocenters. The van der Waals surface area contributed by atoms with Gasteiger partial charge in [0.15, 0.2) is 11.2 Å². The van der Waals surface area contributed by atoms with E-state index in [1.165, 1.54) is 6.26 Å². The summed E-state index contributed by atoms with van der Waals surface area (Å²) < 4.78 is 16.4. The van der Waals surface area contributed by atoms with Crippen LogP contribution in [0.15, 0.2) is 56.0 Å². The second-order valence-electron chi connectivity index (χ2n) is 7.73. The number of ketones is 1. The largest absolute Gasteiger partial charge is 0.464 e. The summed E-state index contributed by atoms with van der Waals surface area (Å²) in [6.45, 7) is 4.49. The molecule has 0 N–H and O–H groups in total. The van der Waals surface area contributed by atoms with Crippen LogP contribution < -0.4 is 5.43 Å². The molecule has 1 unspecified atom stereocenters. The summed E-state index contributed by atoms with van der Waals surface area (Å²) >= 11 is 0. The number of nitrogens with zero attached hydrogens (tertiary/aromatic N) is 1. The first-order chi connectivity index (χ1) is 15.0. The van der Waals surface area contributed by atoms with Gasteiger partial charge in [0.2, 0.25) is 0 Å². The van der Waals surface area contributed by atoms with Crippen molar-refractivity contribution >= 4 is 28.4 Å². The van der Waals surface area contributed by atoms with E-state index >= 15 is 0 Å². The van der Waals surface area contributed by atoms with Gasteiger partial charge in [0.05, 0.1) is 18.3 Å². The first-order valence-electron chi connectivity index (χ1n) is 10.6. The molecule has 1 aromatic carbocycles. The van der Waals surface area contributed by atoms with Crippen molar-refractivity contribution in [3.8, 4) is 0 Å². The summed E-state index contributed by atoms with van der Waals surface area (Å²) in [4.78, 5) is 44.0. The molecule has 1 aliphatic heterocycles. The molecule has 31 heavy (non-hydrogen) atoms. The van der Waals surface area contributed by atoms with Crippen molar-refractivity contribution in [2.45, 2.75) is 39.0 Å². The van der Waals surface area contributed by atoms with Crippen LogP contribution in [0, 0.1) is 5.92 Å². The number of hydrogen-bond acceptors (Lipinski definition) is 7. The van der Waals surface area contributed by atoms with Gasteiger partial charge in [0, 0.05) is 41.5 Å². The summed E-state index contributed by atoms with van der Waals surface area (Å²) in [6, 6.07) is 6.94. The Morgan fingerprint density at radius 2 is 2.00 bits per heavy atom. The summed E-state index contributed by atoms with van der Waals surface area (Å²) in [7, 11) is 0. The van der Waals surface area contributed by atoms with E-state index in [1.807, 2.05) is 6.92 Å². The topological polar surface area (TPSA) is 95.2 Å². The van der Waals surface area contributed by atoms with Gasteiger partial charge >= 0.3 is 5.97 Å². The number of rotatable bonds is 6. The molecule has 7 nitrogen and oxygen atoms in total. The van der Waals surface area contributed by atoms with Crippen molar-refractivity contribution in [3.63, 3.8) is 0 Å². The molecule has 4 rings (SSSR count). The number of carbonyl (C=O) groups excluding carboxylic acids is 2. The highest BCUT2D eigenvalue weighted by Gasteiger charge is 2.44.